The van der Waals surface area contributed by atoms with Gasteiger partial charge in [0, 0.05) is 42.5 Å². The van der Waals surface area contributed by atoms with Gasteiger partial charge in [-0.3, -0.25) is 4.72 Å². The second kappa shape index (κ2) is 13.0. The summed E-state index contributed by atoms with van der Waals surface area (Å²) >= 11 is 1.70. The zero-order chi connectivity index (χ0) is 29.9. The van der Waals surface area contributed by atoms with Crippen molar-refractivity contribution in [1.82, 2.24) is 13.9 Å². The van der Waals surface area contributed by atoms with E-state index < -0.39 is 27.0 Å². The number of hydrogen-bond acceptors (Lipinski definition) is 7. The molecule has 40 heavy (non-hydrogen) atoms. The van der Waals surface area contributed by atoms with Crippen molar-refractivity contribution in [2.45, 2.75) is 96.3 Å². The van der Waals surface area contributed by atoms with Crippen LogP contribution in [-0.4, -0.2) is 72.1 Å². The first-order chi connectivity index (χ1) is 18.5. The molecular weight excluding hydrogens is 546 g/mol. The molecule has 2 aliphatic heterocycles. The Morgan fingerprint density at radius 2 is 1.73 bits per heavy atom. The number of benzene rings is 1. The maximum Gasteiger partial charge on any atom is 0.410 e. The number of piperidine rings is 1. The van der Waals surface area contributed by atoms with Crippen molar-refractivity contribution in [2.24, 2.45) is 5.92 Å². The first-order valence-corrected chi connectivity index (χ1v) is 16.6. The van der Waals surface area contributed by atoms with Gasteiger partial charge in [0.25, 0.3) is 0 Å². The summed E-state index contributed by atoms with van der Waals surface area (Å²) in [5, 5.41) is -0.597. The molecule has 0 aliphatic carbocycles. The van der Waals surface area contributed by atoms with Crippen LogP contribution in [0.4, 0.5) is 4.79 Å². The molecule has 1 N–H and O–H groups in total. The second-order valence-electron chi connectivity index (χ2n) is 13.0. The van der Waals surface area contributed by atoms with Gasteiger partial charge in [-0.2, -0.15) is 0 Å². The molecule has 8 nitrogen and oxygen atoms in total. The van der Waals surface area contributed by atoms with Crippen molar-refractivity contribution in [3.8, 4) is 5.75 Å². The van der Waals surface area contributed by atoms with Crippen LogP contribution in [-0.2, 0) is 14.8 Å². The standard InChI is InChI=1S/C30H49N3O5S2/c1-10-17-37-26-19-22(3)21(2)18-25(26)27(31-39-30(7,8)9)23-11-15-33(16-12-23)40(35,36)24-13-14-32(20-24)28(34)38-29(4,5)6/h10,18-19,23-24,27,31H,1,11-17,20H2,2-9H3. The molecular formula is C30H49N3O5S2. The van der Waals surface area contributed by atoms with Gasteiger partial charge in [-0.15, -0.1) is 0 Å². The Morgan fingerprint density at radius 3 is 2.30 bits per heavy atom. The molecule has 0 spiro atoms. The smallest absolute Gasteiger partial charge is 0.410 e. The largest absolute Gasteiger partial charge is 0.489 e. The summed E-state index contributed by atoms with van der Waals surface area (Å²) in [6.45, 7) is 21.9. The Labute approximate surface area is 246 Å². The molecule has 2 heterocycles. The van der Waals surface area contributed by atoms with E-state index in [1.807, 2.05) is 20.8 Å². The topological polar surface area (TPSA) is 88.2 Å². The molecule has 2 fully saturated rings. The minimum absolute atomic E-state index is 0.00216. The van der Waals surface area contributed by atoms with Crippen LogP contribution in [0.5, 0.6) is 5.75 Å². The number of likely N-dealkylation sites (tertiary alicyclic amines) is 1. The van der Waals surface area contributed by atoms with Crippen molar-refractivity contribution in [3.63, 3.8) is 0 Å². The highest BCUT2D eigenvalue weighted by Crippen LogP contribution is 2.40. The lowest BCUT2D eigenvalue weighted by Gasteiger charge is -2.38. The monoisotopic (exact) mass is 595 g/mol. The van der Waals surface area contributed by atoms with Crippen molar-refractivity contribution in [1.29, 1.82) is 0 Å². The SMILES string of the molecule is C=CCOc1cc(C)c(C)cc1C(NSC(C)(C)C)C1CCN(S(=O)(=O)C2CCN(C(=O)OC(C)(C)C)C2)CC1. The average molecular weight is 596 g/mol. The molecule has 0 aromatic heterocycles. The summed E-state index contributed by atoms with van der Waals surface area (Å²) < 4.78 is 44.1. The fraction of sp³-hybridized carbons (Fsp3) is 0.700. The van der Waals surface area contributed by atoms with Crippen LogP contribution in [0.15, 0.2) is 24.8 Å². The van der Waals surface area contributed by atoms with Crippen LogP contribution >= 0.6 is 11.9 Å². The Hall–Kier alpha value is -1.75. The number of rotatable bonds is 9. The lowest BCUT2D eigenvalue weighted by atomic mass is 9.85. The van der Waals surface area contributed by atoms with Crippen LogP contribution in [0.2, 0.25) is 0 Å². The number of sulfonamides is 1. The molecule has 2 unspecified atom stereocenters. The highest BCUT2D eigenvalue weighted by molar-refractivity contribution is 7.98. The predicted molar refractivity (Wildman–Crippen MR) is 164 cm³/mol. The summed E-state index contributed by atoms with van der Waals surface area (Å²) in [6, 6.07) is 4.31. The van der Waals surface area contributed by atoms with Gasteiger partial charge in [-0.25, -0.2) is 17.5 Å². The molecule has 2 atom stereocenters. The van der Waals surface area contributed by atoms with Gasteiger partial charge >= 0.3 is 6.09 Å². The first kappa shape index (κ1) is 32.8. The van der Waals surface area contributed by atoms with E-state index in [0.717, 1.165) is 24.2 Å². The van der Waals surface area contributed by atoms with E-state index >= 15 is 0 Å². The van der Waals surface area contributed by atoms with E-state index in [4.69, 9.17) is 9.47 Å². The van der Waals surface area contributed by atoms with E-state index in [2.05, 4.69) is 58.1 Å². The molecule has 1 amide bonds. The fourth-order valence-corrected chi connectivity index (χ4v) is 7.83. The molecule has 226 valence electrons. The van der Waals surface area contributed by atoms with Gasteiger partial charge in [0.1, 0.15) is 18.0 Å². The molecule has 2 aliphatic rings. The molecule has 2 saturated heterocycles. The van der Waals surface area contributed by atoms with E-state index in [-0.39, 0.29) is 23.3 Å². The third kappa shape index (κ3) is 8.63. The number of hydrogen-bond donors (Lipinski definition) is 1. The number of amides is 1. The summed E-state index contributed by atoms with van der Waals surface area (Å²) in [6.07, 6.45) is 3.20. The lowest BCUT2D eigenvalue weighted by Crippen LogP contribution is -2.46. The zero-order valence-corrected chi connectivity index (χ0v) is 27.2. The molecule has 1 aromatic rings. The number of nitrogens with zero attached hydrogens (tertiary/aromatic N) is 2. The quantitative estimate of drug-likeness (QED) is 0.277. The maximum absolute atomic E-state index is 13.6. The number of aryl methyl sites for hydroxylation is 2. The molecule has 1 aromatic carbocycles. The minimum Gasteiger partial charge on any atom is -0.489 e. The molecule has 0 bridgehead atoms. The minimum atomic E-state index is -3.53. The highest BCUT2D eigenvalue weighted by atomic mass is 32.2. The van der Waals surface area contributed by atoms with Crippen LogP contribution in [0.25, 0.3) is 0 Å². The Kier molecular flexibility index (Phi) is 10.7. The number of carbonyl (C=O) groups is 1. The van der Waals surface area contributed by atoms with Crippen molar-refractivity contribution < 1.29 is 22.7 Å². The predicted octanol–water partition coefficient (Wildman–Crippen LogP) is 6.00. The van der Waals surface area contributed by atoms with Gasteiger partial charge in [-0.1, -0.05) is 30.7 Å². The van der Waals surface area contributed by atoms with Gasteiger partial charge in [0.15, 0.2) is 0 Å². The highest BCUT2D eigenvalue weighted by Gasteiger charge is 2.42. The van der Waals surface area contributed by atoms with Gasteiger partial charge in [0.2, 0.25) is 10.0 Å². The Bertz CT molecular complexity index is 1150. The summed E-state index contributed by atoms with van der Waals surface area (Å²) in [5.41, 5.74) is 2.86. The third-order valence-corrected chi connectivity index (χ3v) is 10.7. The van der Waals surface area contributed by atoms with Crippen molar-refractivity contribution >= 4 is 28.1 Å². The van der Waals surface area contributed by atoms with E-state index in [1.54, 1.807) is 22.3 Å². The van der Waals surface area contributed by atoms with E-state index in [0.29, 0.717) is 32.7 Å². The van der Waals surface area contributed by atoms with Gasteiger partial charge in [-0.05, 0) is 97.8 Å². The normalized spacial score (nSPS) is 20.4. The van der Waals surface area contributed by atoms with Crippen molar-refractivity contribution in [3.05, 3.63) is 41.5 Å². The lowest BCUT2D eigenvalue weighted by molar-refractivity contribution is 0.0295. The second-order valence-corrected chi connectivity index (χ2v) is 16.9. The van der Waals surface area contributed by atoms with Crippen LogP contribution in [0, 0.1) is 19.8 Å². The van der Waals surface area contributed by atoms with Crippen molar-refractivity contribution in [2.75, 3.05) is 32.8 Å². The maximum atomic E-state index is 13.6. The summed E-state index contributed by atoms with van der Waals surface area (Å²) in [7, 11) is -3.53. The molecule has 3 rings (SSSR count). The van der Waals surface area contributed by atoms with Crippen LogP contribution in [0.3, 0.4) is 0 Å². The van der Waals surface area contributed by atoms with Crippen LogP contribution < -0.4 is 9.46 Å². The Balaban J connectivity index is 1.75. The van der Waals surface area contributed by atoms with E-state index in [1.165, 1.54) is 16.0 Å². The summed E-state index contributed by atoms with van der Waals surface area (Å²) in [4.78, 5) is 14.0. The van der Waals surface area contributed by atoms with E-state index in [9.17, 15) is 13.2 Å². The molecule has 10 heteroatoms. The van der Waals surface area contributed by atoms with Gasteiger partial charge < -0.3 is 14.4 Å². The number of carbonyl (C=O) groups excluding carboxylic acids is 1. The van der Waals surface area contributed by atoms with Gasteiger partial charge in [0.05, 0.1) is 5.25 Å². The van der Waals surface area contributed by atoms with Crippen LogP contribution in [0.1, 0.15) is 83.5 Å². The fourth-order valence-electron chi connectivity index (χ4n) is 5.12. The third-order valence-electron chi connectivity index (χ3n) is 7.36. The summed E-state index contributed by atoms with van der Waals surface area (Å²) in [5.74, 6) is 1.08. The number of ether oxygens (including phenoxy) is 2. The first-order valence-electron chi connectivity index (χ1n) is 14.3. The zero-order valence-electron chi connectivity index (χ0n) is 25.6. The molecule has 0 radical (unpaired) electrons. The molecule has 0 saturated carbocycles. The number of nitrogens with one attached hydrogen (secondary N) is 1. The average Bonchev–Trinajstić information content (AvgIpc) is 3.35. The Morgan fingerprint density at radius 1 is 1.10 bits per heavy atom.